The fraction of sp³-hybridized carbons (Fsp3) is 0.538. The Labute approximate surface area is 121 Å². The Morgan fingerprint density at radius 3 is 2.94 bits per heavy atom. The summed E-state index contributed by atoms with van der Waals surface area (Å²) in [5.74, 6) is 0.661. The zero-order valence-electron chi connectivity index (χ0n) is 10.5. The highest BCUT2D eigenvalue weighted by Crippen LogP contribution is 2.26. The van der Waals surface area contributed by atoms with Gasteiger partial charge in [-0.3, -0.25) is 4.79 Å². The predicted molar refractivity (Wildman–Crippen MR) is 75.8 cm³/mol. The molecule has 0 N–H and O–H groups in total. The summed E-state index contributed by atoms with van der Waals surface area (Å²) in [6.45, 7) is 5.11. The van der Waals surface area contributed by atoms with E-state index in [9.17, 15) is 4.79 Å². The highest BCUT2D eigenvalue weighted by Gasteiger charge is 2.28. The Morgan fingerprint density at radius 1 is 1.56 bits per heavy atom. The van der Waals surface area contributed by atoms with Crippen molar-refractivity contribution in [1.29, 1.82) is 0 Å². The Balaban J connectivity index is 2.23. The average molecular weight is 332 g/mol. The number of pyridine rings is 1. The summed E-state index contributed by atoms with van der Waals surface area (Å²) in [6.07, 6.45) is 3.70. The van der Waals surface area contributed by atoms with E-state index in [0.717, 1.165) is 23.9 Å². The van der Waals surface area contributed by atoms with Crippen molar-refractivity contribution in [3.63, 3.8) is 0 Å². The molecule has 1 saturated heterocycles. The number of aromatic nitrogens is 1. The van der Waals surface area contributed by atoms with Crippen LogP contribution in [-0.4, -0.2) is 28.4 Å². The van der Waals surface area contributed by atoms with Gasteiger partial charge in [-0.2, -0.15) is 0 Å². The summed E-state index contributed by atoms with van der Waals surface area (Å²) in [5, 5.41) is 0.272. The van der Waals surface area contributed by atoms with Gasteiger partial charge in [0.25, 0.3) is 5.91 Å². The maximum absolute atomic E-state index is 12.5. The number of carbonyl (C=O) groups is 1. The third-order valence-electron chi connectivity index (χ3n) is 3.44. The van der Waals surface area contributed by atoms with E-state index >= 15 is 0 Å². The highest BCUT2D eigenvalue weighted by atomic mass is 79.9. The number of piperidine rings is 1. The molecule has 1 amide bonds. The van der Waals surface area contributed by atoms with Crippen molar-refractivity contribution < 1.29 is 4.79 Å². The van der Waals surface area contributed by atoms with Crippen molar-refractivity contribution in [2.24, 2.45) is 5.92 Å². The van der Waals surface area contributed by atoms with Crippen molar-refractivity contribution in [2.45, 2.75) is 32.7 Å². The van der Waals surface area contributed by atoms with Crippen LogP contribution in [0.4, 0.5) is 0 Å². The van der Waals surface area contributed by atoms with Crippen molar-refractivity contribution in [2.75, 3.05) is 6.54 Å². The Morgan fingerprint density at radius 2 is 2.28 bits per heavy atom. The van der Waals surface area contributed by atoms with Crippen LogP contribution in [0.1, 0.15) is 37.0 Å². The summed E-state index contributed by atoms with van der Waals surface area (Å²) in [4.78, 5) is 18.4. The first-order chi connectivity index (χ1) is 8.49. The van der Waals surface area contributed by atoms with E-state index in [4.69, 9.17) is 11.6 Å². The second-order valence-electron chi connectivity index (χ2n) is 4.97. The molecule has 0 aliphatic carbocycles. The van der Waals surface area contributed by atoms with Gasteiger partial charge in [0, 0.05) is 23.3 Å². The number of halogens is 2. The fourth-order valence-electron chi connectivity index (χ4n) is 2.44. The molecular weight excluding hydrogens is 316 g/mol. The van der Waals surface area contributed by atoms with Gasteiger partial charge in [-0.1, -0.05) is 18.5 Å². The minimum absolute atomic E-state index is 0.0202. The zero-order valence-corrected chi connectivity index (χ0v) is 12.8. The van der Waals surface area contributed by atoms with E-state index in [0.29, 0.717) is 11.5 Å². The van der Waals surface area contributed by atoms with E-state index in [1.165, 1.54) is 0 Å². The van der Waals surface area contributed by atoms with E-state index < -0.39 is 0 Å². The molecule has 0 radical (unpaired) electrons. The molecule has 0 aromatic carbocycles. The Hall–Kier alpha value is -0.610. The second-order valence-corrected chi connectivity index (χ2v) is 6.24. The lowest BCUT2D eigenvalue weighted by Crippen LogP contribution is -2.44. The van der Waals surface area contributed by atoms with Crippen LogP contribution in [0, 0.1) is 5.92 Å². The van der Waals surface area contributed by atoms with Gasteiger partial charge in [-0.15, -0.1) is 0 Å². The second kappa shape index (κ2) is 5.57. The molecule has 2 rings (SSSR count). The van der Waals surface area contributed by atoms with Gasteiger partial charge >= 0.3 is 0 Å². The maximum Gasteiger partial charge on any atom is 0.257 e. The largest absolute Gasteiger partial charge is 0.336 e. The predicted octanol–water partition coefficient (Wildman–Crippen LogP) is 3.76. The lowest BCUT2D eigenvalue weighted by molar-refractivity contribution is 0.0588. The Bertz CT molecular complexity index is 466. The monoisotopic (exact) mass is 330 g/mol. The molecule has 0 bridgehead atoms. The van der Waals surface area contributed by atoms with Gasteiger partial charge in [-0.25, -0.2) is 4.98 Å². The zero-order chi connectivity index (χ0) is 13.3. The van der Waals surface area contributed by atoms with Crippen LogP contribution in [0.3, 0.4) is 0 Å². The number of rotatable bonds is 1. The molecule has 1 aliphatic heterocycles. The van der Waals surface area contributed by atoms with Crippen LogP contribution < -0.4 is 0 Å². The maximum atomic E-state index is 12.5. The molecule has 2 heterocycles. The molecule has 3 nitrogen and oxygen atoms in total. The lowest BCUT2D eigenvalue weighted by atomic mass is 9.93. The number of likely N-dealkylation sites (tertiary alicyclic amines) is 1. The molecule has 1 aromatic heterocycles. The molecule has 0 saturated carbocycles. The smallest absolute Gasteiger partial charge is 0.257 e. The van der Waals surface area contributed by atoms with E-state index in [2.05, 4.69) is 34.8 Å². The number of hydrogen-bond donors (Lipinski definition) is 0. The van der Waals surface area contributed by atoms with Crippen LogP contribution in [-0.2, 0) is 0 Å². The topological polar surface area (TPSA) is 33.2 Å². The standard InChI is InChI=1S/C13H16BrClN2O/c1-8-3-4-17(9(2)5-8)13(18)11-6-10(14)7-16-12(11)15/h6-9H,3-5H2,1-2H3. The third-order valence-corrected chi connectivity index (χ3v) is 4.17. The number of hydrogen-bond acceptors (Lipinski definition) is 2. The molecule has 2 atom stereocenters. The van der Waals surface area contributed by atoms with Crippen LogP contribution in [0.2, 0.25) is 5.15 Å². The normalized spacial score (nSPS) is 24.1. The number of nitrogens with zero attached hydrogens (tertiary/aromatic N) is 2. The van der Waals surface area contributed by atoms with E-state index in [-0.39, 0.29) is 17.1 Å². The van der Waals surface area contributed by atoms with Gasteiger partial charge in [0.15, 0.2) is 0 Å². The quantitative estimate of drug-likeness (QED) is 0.734. The van der Waals surface area contributed by atoms with Crippen molar-refractivity contribution >= 4 is 33.4 Å². The van der Waals surface area contributed by atoms with E-state index in [1.54, 1.807) is 12.3 Å². The van der Waals surface area contributed by atoms with Gasteiger partial charge in [-0.05, 0) is 47.7 Å². The van der Waals surface area contributed by atoms with Gasteiger partial charge in [0.05, 0.1) is 5.56 Å². The molecule has 1 aromatic rings. The van der Waals surface area contributed by atoms with Crippen molar-refractivity contribution in [3.05, 3.63) is 27.5 Å². The van der Waals surface area contributed by atoms with Gasteiger partial charge in [0.1, 0.15) is 5.15 Å². The van der Waals surface area contributed by atoms with Crippen molar-refractivity contribution in [3.8, 4) is 0 Å². The van der Waals surface area contributed by atoms with E-state index in [1.807, 2.05) is 4.90 Å². The van der Waals surface area contributed by atoms with Crippen LogP contribution in [0.15, 0.2) is 16.7 Å². The lowest BCUT2D eigenvalue weighted by Gasteiger charge is -2.36. The summed E-state index contributed by atoms with van der Waals surface area (Å²) in [7, 11) is 0. The number of amides is 1. The van der Waals surface area contributed by atoms with Crippen LogP contribution in [0.5, 0.6) is 0 Å². The number of carbonyl (C=O) groups excluding carboxylic acids is 1. The SMILES string of the molecule is CC1CCN(C(=O)c2cc(Br)cnc2Cl)C(C)C1. The molecular formula is C13H16BrClN2O. The summed E-state index contributed by atoms with van der Waals surface area (Å²) in [6, 6.07) is 2.00. The molecule has 0 spiro atoms. The minimum Gasteiger partial charge on any atom is -0.336 e. The summed E-state index contributed by atoms with van der Waals surface area (Å²) in [5.41, 5.74) is 0.479. The minimum atomic E-state index is -0.0202. The summed E-state index contributed by atoms with van der Waals surface area (Å²) < 4.78 is 0.772. The molecule has 2 unspecified atom stereocenters. The van der Waals surface area contributed by atoms with Gasteiger partial charge < -0.3 is 4.90 Å². The average Bonchev–Trinajstić information content (AvgIpc) is 2.31. The molecule has 5 heteroatoms. The highest BCUT2D eigenvalue weighted by molar-refractivity contribution is 9.10. The van der Waals surface area contributed by atoms with Crippen LogP contribution in [0.25, 0.3) is 0 Å². The first-order valence-corrected chi connectivity index (χ1v) is 7.28. The van der Waals surface area contributed by atoms with Crippen LogP contribution >= 0.6 is 27.5 Å². The molecule has 1 fully saturated rings. The molecule has 1 aliphatic rings. The van der Waals surface area contributed by atoms with Gasteiger partial charge in [0.2, 0.25) is 0 Å². The molecule has 98 valence electrons. The fourth-order valence-corrected chi connectivity index (χ4v) is 2.95. The van der Waals surface area contributed by atoms with Crippen molar-refractivity contribution in [1.82, 2.24) is 9.88 Å². The third kappa shape index (κ3) is 2.86. The Kier molecular flexibility index (Phi) is 4.28. The molecule has 18 heavy (non-hydrogen) atoms. The first kappa shape index (κ1) is 13.8. The first-order valence-electron chi connectivity index (χ1n) is 6.11. The summed E-state index contributed by atoms with van der Waals surface area (Å²) >= 11 is 9.33.